The summed E-state index contributed by atoms with van der Waals surface area (Å²) < 4.78 is 6.92. The van der Waals surface area contributed by atoms with Crippen molar-refractivity contribution in [1.82, 2.24) is 19.7 Å². The Morgan fingerprint density at radius 2 is 1.90 bits per heavy atom. The smallest absolute Gasteiger partial charge is 0.182 e. The first kappa shape index (κ1) is 13.6. The van der Waals surface area contributed by atoms with Crippen LogP contribution < -0.4 is 4.74 Å². The normalized spacial score (nSPS) is 10.6. The third-order valence-corrected chi connectivity index (χ3v) is 3.25. The maximum atomic E-state index is 5.77. The number of nitrogens with zero attached hydrogens (tertiary/aromatic N) is 4. The third kappa shape index (κ3) is 3.20. The van der Waals surface area contributed by atoms with E-state index in [0.29, 0.717) is 17.5 Å². The highest BCUT2D eigenvalue weighted by molar-refractivity contribution is 6.29. The molecule has 106 valence electrons. The van der Waals surface area contributed by atoms with Crippen LogP contribution in [0.25, 0.3) is 11.4 Å². The highest BCUT2D eigenvalue weighted by atomic mass is 35.5. The summed E-state index contributed by atoms with van der Waals surface area (Å²) in [6, 6.07) is 11.4. The van der Waals surface area contributed by atoms with Gasteiger partial charge in [0.25, 0.3) is 0 Å². The number of aromatic nitrogens is 4. The first-order valence-corrected chi connectivity index (χ1v) is 6.77. The van der Waals surface area contributed by atoms with E-state index in [1.54, 1.807) is 30.4 Å². The van der Waals surface area contributed by atoms with Crippen LogP contribution in [0.3, 0.4) is 0 Å². The van der Waals surface area contributed by atoms with Crippen molar-refractivity contribution in [3.05, 3.63) is 59.6 Å². The molecule has 6 heteroatoms. The fourth-order valence-corrected chi connectivity index (χ4v) is 2.04. The Kier molecular flexibility index (Phi) is 3.83. The summed E-state index contributed by atoms with van der Waals surface area (Å²) in [5.74, 6) is 1.47. The Bertz CT molecular complexity index is 722. The van der Waals surface area contributed by atoms with E-state index in [1.165, 1.54) is 0 Å². The van der Waals surface area contributed by atoms with Gasteiger partial charge in [-0.05, 0) is 29.8 Å². The monoisotopic (exact) mass is 300 g/mol. The van der Waals surface area contributed by atoms with Crippen LogP contribution in [-0.4, -0.2) is 26.9 Å². The Morgan fingerprint density at radius 1 is 1.10 bits per heavy atom. The Morgan fingerprint density at radius 3 is 2.57 bits per heavy atom. The van der Waals surface area contributed by atoms with E-state index < -0.39 is 0 Å². The lowest BCUT2D eigenvalue weighted by Crippen LogP contribution is -2.00. The zero-order valence-corrected chi connectivity index (χ0v) is 12.2. The minimum Gasteiger partial charge on any atom is -0.497 e. The molecule has 0 aliphatic heterocycles. The van der Waals surface area contributed by atoms with Gasteiger partial charge in [-0.3, -0.25) is 0 Å². The summed E-state index contributed by atoms with van der Waals surface area (Å²) in [4.78, 5) is 8.32. The molecule has 0 radical (unpaired) electrons. The molecule has 2 heterocycles. The van der Waals surface area contributed by atoms with E-state index in [4.69, 9.17) is 16.3 Å². The molecule has 0 aliphatic carbocycles. The lowest BCUT2D eigenvalue weighted by molar-refractivity contribution is 0.414. The number of hydrogen-bond acceptors (Lipinski definition) is 4. The molecule has 0 unspecified atom stereocenters. The SMILES string of the molecule is COc1ccc(Cn2cnc(-c3ccc(Cl)nc3)n2)cc1. The molecule has 0 spiro atoms. The summed E-state index contributed by atoms with van der Waals surface area (Å²) in [7, 11) is 1.65. The van der Waals surface area contributed by atoms with Gasteiger partial charge in [0.15, 0.2) is 5.82 Å². The maximum Gasteiger partial charge on any atom is 0.182 e. The molecule has 2 aromatic heterocycles. The van der Waals surface area contributed by atoms with Crippen LogP contribution in [0.15, 0.2) is 48.9 Å². The molecule has 0 saturated heterocycles. The zero-order valence-electron chi connectivity index (χ0n) is 11.4. The molecule has 0 fully saturated rings. The summed E-state index contributed by atoms with van der Waals surface area (Å²) in [6.07, 6.45) is 3.36. The lowest BCUT2D eigenvalue weighted by atomic mass is 10.2. The van der Waals surface area contributed by atoms with Crippen molar-refractivity contribution in [3.8, 4) is 17.1 Å². The number of benzene rings is 1. The van der Waals surface area contributed by atoms with E-state index in [9.17, 15) is 0 Å². The molecule has 5 nitrogen and oxygen atoms in total. The van der Waals surface area contributed by atoms with Crippen LogP contribution >= 0.6 is 11.6 Å². The first-order valence-electron chi connectivity index (χ1n) is 6.39. The van der Waals surface area contributed by atoms with Crippen molar-refractivity contribution in [2.24, 2.45) is 0 Å². The van der Waals surface area contributed by atoms with Gasteiger partial charge in [0.2, 0.25) is 0 Å². The molecule has 0 saturated carbocycles. The van der Waals surface area contributed by atoms with Crippen molar-refractivity contribution in [3.63, 3.8) is 0 Å². The Balaban J connectivity index is 1.76. The molecule has 0 atom stereocenters. The van der Waals surface area contributed by atoms with Crippen molar-refractivity contribution >= 4 is 11.6 Å². The summed E-state index contributed by atoms with van der Waals surface area (Å²) in [5.41, 5.74) is 1.97. The van der Waals surface area contributed by atoms with Gasteiger partial charge in [-0.15, -0.1) is 0 Å². The highest BCUT2D eigenvalue weighted by Gasteiger charge is 2.05. The second-order valence-corrected chi connectivity index (χ2v) is 4.87. The summed E-state index contributed by atoms with van der Waals surface area (Å²) in [5, 5.41) is 4.89. The minimum absolute atomic E-state index is 0.455. The van der Waals surface area contributed by atoms with Crippen LogP contribution in [0.4, 0.5) is 0 Å². The van der Waals surface area contributed by atoms with Gasteiger partial charge >= 0.3 is 0 Å². The van der Waals surface area contributed by atoms with E-state index in [2.05, 4.69) is 15.1 Å². The molecule has 1 aromatic carbocycles. The second kappa shape index (κ2) is 5.93. The van der Waals surface area contributed by atoms with E-state index in [-0.39, 0.29) is 0 Å². The Hall–Kier alpha value is -2.40. The average Bonchev–Trinajstić information content (AvgIpc) is 2.97. The molecular formula is C15H13ClN4O. The van der Waals surface area contributed by atoms with Gasteiger partial charge in [0, 0.05) is 11.8 Å². The Labute approximate surface area is 127 Å². The summed E-state index contributed by atoms with van der Waals surface area (Å²) in [6.45, 7) is 0.651. The molecule has 3 rings (SSSR count). The topological polar surface area (TPSA) is 52.8 Å². The molecule has 0 amide bonds. The number of pyridine rings is 1. The van der Waals surface area contributed by atoms with Crippen molar-refractivity contribution in [2.45, 2.75) is 6.54 Å². The number of methoxy groups -OCH3 is 1. The van der Waals surface area contributed by atoms with Gasteiger partial charge < -0.3 is 4.74 Å². The van der Waals surface area contributed by atoms with Crippen LogP contribution in [0.1, 0.15) is 5.56 Å². The number of ether oxygens (including phenoxy) is 1. The van der Waals surface area contributed by atoms with Crippen molar-refractivity contribution in [1.29, 1.82) is 0 Å². The van der Waals surface area contributed by atoms with E-state index in [0.717, 1.165) is 16.9 Å². The molecule has 21 heavy (non-hydrogen) atoms. The average molecular weight is 301 g/mol. The number of rotatable bonds is 4. The second-order valence-electron chi connectivity index (χ2n) is 4.48. The van der Waals surface area contributed by atoms with E-state index >= 15 is 0 Å². The standard InChI is InChI=1S/C15H13ClN4O/c1-21-13-5-2-11(3-6-13)9-20-10-18-15(19-20)12-4-7-14(16)17-8-12/h2-8,10H,9H2,1H3. The van der Waals surface area contributed by atoms with Gasteiger partial charge in [0.1, 0.15) is 17.2 Å². The lowest BCUT2D eigenvalue weighted by Gasteiger charge is -2.03. The molecule has 3 aromatic rings. The predicted octanol–water partition coefficient (Wildman–Crippen LogP) is 3.05. The summed E-state index contributed by atoms with van der Waals surface area (Å²) >= 11 is 5.77. The van der Waals surface area contributed by atoms with Crippen LogP contribution in [0.2, 0.25) is 5.15 Å². The third-order valence-electron chi connectivity index (χ3n) is 3.03. The molecule has 0 bridgehead atoms. The van der Waals surface area contributed by atoms with Gasteiger partial charge in [0.05, 0.1) is 13.7 Å². The fourth-order valence-electron chi connectivity index (χ4n) is 1.93. The van der Waals surface area contributed by atoms with Crippen molar-refractivity contribution in [2.75, 3.05) is 7.11 Å². The van der Waals surface area contributed by atoms with E-state index in [1.807, 2.05) is 30.3 Å². The zero-order chi connectivity index (χ0) is 14.7. The van der Waals surface area contributed by atoms with Crippen LogP contribution in [0, 0.1) is 0 Å². The maximum absolute atomic E-state index is 5.77. The first-order chi connectivity index (χ1) is 10.2. The number of hydrogen-bond donors (Lipinski definition) is 0. The quantitative estimate of drug-likeness (QED) is 0.695. The predicted molar refractivity (Wildman–Crippen MR) is 80.4 cm³/mol. The van der Waals surface area contributed by atoms with Crippen molar-refractivity contribution < 1.29 is 4.74 Å². The largest absolute Gasteiger partial charge is 0.497 e. The minimum atomic E-state index is 0.455. The fraction of sp³-hybridized carbons (Fsp3) is 0.133. The molecule has 0 N–H and O–H groups in total. The van der Waals surface area contributed by atoms with Gasteiger partial charge in [-0.1, -0.05) is 23.7 Å². The van der Waals surface area contributed by atoms with Crippen LogP contribution in [-0.2, 0) is 6.54 Å². The molecule has 0 aliphatic rings. The van der Waals surface area contributed by atoms with Gasteiger partial charge in [-0.25, -0.2) is 14.6 Å². The molecular weight excluding hydrogens is 288 g/mol. The van der Waals surface area contributed by atoms with Gasteiger partial charge in [-0.2, -0.15) is 5.10 Å². The number of halogens is 1. The van der Waals surface area contributed by atoms with Crippen LogP contribution in [0.5, 0.6) is 5.75 Å². The highest BCUT2D eigenvalue weighted by Crippen LogP contribution is 2.16.